The second-order valence-corrected chi connectivity index (χ2v) is 5.59. The standard InChI is InChI=1S/C20H22N2O4/c1-2-21-17(23)13-22-18(24)14-26-20(25)19(15-9-5-3-6-10-15)16-11-7-4-8-12-16/h3-12,19H,2,13-14H2,1H3,(H,21,23)(H,22,24). The molecule has 2 N–H and O–H groups in total. The minimum atomic E-state index is -0.617. The minimum Gasteiger partial charge on any atom is -0.455 e. The lowest BCUT2D eigenvalue weighted by atomic mass is 9.91. The second kappa shape index (κ2) is 9.98. The molecule has 2 aromatic rings. The fourth-order valence-electron chi connectivity index (χ4n) is 2.47. The number of hydrogen-bond donors (Lipinski definition) is 2. The summed E-state index contributed by atoms with van der Waals surface area (Å²) in [6, 6.07) is 18.5. The average Bonchev–Trinajstić information content (AvgIpc) is 2.67. The fourth-order valence-corrected chi connectivity index (χ4v) is 2.47. The van der Waals surface area contributed by atoms with E-state index in [2.05, 4.69) is 10.6 Å². The van der Waals surface area contributed by atoms with Crippen molar-refractivity contribution >= 4 is 17.8 Å². The number of nitrogens with one attached hydrogen (secondary N) is 2. The first-order chi connectivity index (χ1) is 12.6. The Balaban J connectivity index is 1.99. The lowest BCUT2D eigenvalue weighted by Gasteiger charge is -2.17. The first-order valence-corrected chi connectivity index (χ1v) is 8.41. The molecule has 6 nitrogen and oxygen atoms in total. The van der Waals surface area contributed by atoms with E-state index in [0.29, 0.717) is 6.54 Å². The van der Waals surface area contributed by atoms with E-state index in [1.165, 1.54) is 0 Å². The summed E-state index contributed by atoms with van der Waals surface area (Å²) in [7, 11) is 0. The highest BCUT2D eigenvalue weighted by atomic mass is 16.5. The molecule has 2 amide bonds. The summed E-state index contributed by atoms with van der Waals surface area (Å²) in [6.45, 7) is 1.69. The number of likely N-dealkylation sites (N-methyl/N-ethyl adjacent to an activating group) is 1. The van der Waals surface area contributed by atoms with E-state index < -0.39 is 24.4 Å². The van der Waals surface area contributed by atoms with Crippen LogP contribution in [-0.4, -0.2) is 37.5 Å². The first-order valence-electron chi connectivity index (χ1n) is 8.41. The van der Waals surface area contributed by atoms with Crippen molar-refractivity contribution in [1.82, 2.24) is 10.6 Å². The largest absolute Gasteiger partial charge is 0.455 e. The van der Waals surface area contributed by atoms with Gasteiger partial charge in [0.05, 0.1) is 6.54 Å². The molecule has 0 saturated heterocycles. The predicted molar refractivity (Wildman–Crippen MR) is 97.4 cm³/mol. The van der Waals surface area contributed by atoms with Crippen molar-refractivity contribution in [2.24, 2.45) is 0 Å². The lowest BCUT2D eigenvalue weighted by Crippen LogP contribution is -2.38. The second-order valence-electron chi connectivity index (χ2n) is 5.59. The van der Waals surface area contributed by atoms with Gasteiger partial charge >= 0.3 is 5.97 Å². The molecule has 0 heterocycles. The quantitative estimate of drug-likeness (QED) is 0.706. The molecule has 0 aliphatic heterocycles. The number of benzene rings is 2. The highest BCUT2D eigenvalue weighted by Crippen LogP contribution is 2.25. The molecule has 6 heteroatoms. The number of ether oxygens (including phenoxy) is 1. The summed E-state index contributed by atoms with van der Waals surface area (Å²) in [5.74, 6) is -1.95. The zero-order valence-corrected chi connectivity index (χ0v) is 14.6. The van der Waals surface area contributed by atoms with E-state index in [-0.39, 0.29) is 12.5 Å². The topological polar surface area (TPSA) is 84.5 Å². The average molecular weight is 354 g/mol. The normalized spacial score (nSPS) is 10.2. The minimum absolute atomic E-state index is 0.148. The summed E-state index contributed by atoms with van der Waals surface area (Å²) in [4.78, 5) is 35.7. The predicted octanol–water partition coefficient (Wildman–Crippen LogP) is 1.61. The van der Waals surface area contributed by atoms with Crippen molar-refractivity contribution in [2.75, 3.05) is 19.7 Å². The van der Waals surface area contributed by atoms with Crippen LogP contribution in [0.5, 0.6) is 0 Å². The molecule has 26 heavy (non-hydrogen) atoms. The molecule has 2 aromatic carbocycles. The van der Waals surface area contributed by atoms with Gasteiger partial charge in [0.1, 0.15) is 5.92 Å². The van der Waals surface area contributed by atoms with E-state index in [9.17, 15) is 14.4 Å². The summed E-state index contributed by atoms with van der Waals surface area (Å²) in [5, 5.41) is 4.98. The van der Waals surface area contributed by atoms with Crippen LogP contribution in [0.25, 0.3) is 0 Å². The summed E-state index contributed by atoms with van der Waals surface area (Å²) in [5.41, 5.74) is 1.57. The van der Waals surface area contributed by atoms with Gasteiger partial charge in [-0.05, 0) is 18.1 Å². The zero-order valence-electron chi connectivity index (χ0n) is 14.6. The first kappa shape index (κ1) is 19.2. The Labute approximate surface area is 152 Å². The van der Waals surface area contributed by atoms with Crippen LogP contribution in [0.1, 0.15) is 24.0 Å². The molecule has 0 fully saturated rings. The number of carbonyl (C=O) groups excluding carboxylic acids is 3. The van der Waals surface area contributed by atoms with Crippen molar-refractivity contribution in [3.63, 3.8) is 0 Å². The zero-order chi connectivity index (χ0) is 18.8. The van der Waals surface area contributed by atoms with E-state index in [4.69, 9.17) is 4.74 Å². The molecule has 0 spiro atoms. The van der Waals surface area contributed by atoms with Gasteiger partial charge in [0, 0.05) is 6.54 Å². The molecule has 0 aromatic heterocycles. The Kier molecular flexibility index (Phi) is 7.36. The van der Waals surface area contributed by atoms with Crippen molar-refractivity contribution < 1.29 is 19.1 Å². The number of amides is 2. The molecule has 0 unspecified atom stereocenters. The van der Waals surface area contributed by atoms with Crippen LogP contribution in [-0.2, 0) is 19.1 Å². The summed E-state index contributed by atoms with van der Waals surface area (Å²) >= 11 is 0. The SMILES string of the molecule is CCNC(=O)CNC(=O)COC(=O)C(c1ccccc1)c1ccccc1. The van der Waals surface area contributed by atoms with Crippen molar-refractivity contribution in [3.05, 3.63) is 71.8 Å². The molecular formula is C20H22N2O4. The van der Waals surface area contributed by atoms with Gasteiger partial charge in [-0.15, -0.1) is 0 Å². The van der Waals surface area contributed by atoms with Gasteiger partial charge in [0.25, 0.3) is 5.91 Å². The third-order valence-corrected chi connectivity index (χ3v) is 3.67. The van der Waals surface area contributed by atoms with Crippen LogP contribution < -0.4 is 10.6 Å². The number of hydrogen-bond acceptors (Lipinski definition) is 4. The van der Waals surface area contributed by atoms with E-state index in [0.717, 1.165) is 11.1 Å². The molecule has 0 saturated carbocycles. The summed E-state index contributed by atoms with van der Waals surface area (Å²) < 4.78 is 5.18. The highest BCUT2D eigenvalue weighted by Gasteiger charge is 2.24. The fraction of sp³-hybridized carbons (Fsp3) is 0.250. The van der Waals surface area contributed by atoms with Gasteiger partial charge in [0.15, 0.2) is 6.61 Å². The van der Waals surface area contributed by atoms with E-state index in [1.54, 1.807) is 6.92 Å². The lowest BCUT2D eigenvalue weighted by molar-refractivity contribution is -0.149. The molecule has 2 rings (SSSR count). The van der Waals surface area contributed by atoms with Gasteiger partial charge in [-0.1, -0.05) is 60.7 Å². The number of carbonyl (C=O) groups is 3. The van der Waals surface area contributed by atoms with Crippen LogP contribution >= 0.6 is 0 Å². The van der Waals surface area contributed by atoms with Gasteiger partial charge in [-0.25, -0.2) is 0 Å². The Morgan fingerprint density at radius 3 is 1.88 bits per heavy atom. The molecule has 0 aliphatic rings. The smallest absolute Gasteiger partial charge is 0.318 e. The molecular weight excluding hydrogens is 332 g/mol. The molecule has 0 atom stereocenters. The van der Waals surface area contributed by atoms with Gasteiger partial charge < -0.3 is 15.4 Å². The van der Waals surface area contributed by atoms with Crippen LogP contribution in [0.2, 0.25) is 0 Å². The maximum absolute atomic E-state index is 12.6. The monoisotopic (exact) mass is 354 g/mol. The molecule has 0 aliphatic carbocycles. The van der Waals surface area contributed by atoms with Crippen LogP contribution in [0.15, 0.2) is 60.7 Å². The maximum atomic E-state index is 12.6. The van der Waals surface area contributed by atoms with Gasteiger partial charge in [-0.3, -0.25) is 14.4 Å². The highest BCUT2D eigenvalue weighted by molar-refractivity contribution is 5.88. The van der Waals surface area contributed by atoms with Crippen molar-refractivity contribution in [1.29, 1.82) is 0 Å². The Morgan fingerprint density at radius 1 is 0.846 bits per heavy atom. The maximum Gasteiger partial charge on any atom is 0.318 e. The van der Waals surface area contributed by atoms with E-state index in [1.807, 2.05) is 60.7 Å². The Morgan fingerprint density at radius 2 is 1.38 bits per heavy atom. The van der Waals surface area contributed by atoms with Crippen LogP contribution in [0.4, 0.5) is 0 Å². The van der Waals surface area contributed by atoms with Gasteiger partial charge in [-0.2, -0.15) is 0 Å². The number of rotatable bonds is 8. The summed E-state index contributed by atoms with van der Waals surface area (Å²) in [6.07, 6.45) is 0. The van der Waals surface area contributed by atoms with Crippen LogP contribution in [0.3, 0.4) is 0 Å². The third kappa shape index (κ3) is 5.73. The van der Waals surface area contributed by atoms with Gasteiger partial charge in [0.2, 0.25) is 5.91 Å². The molecule has 136 valence electrons. The van der Waals surface area contributed by atoms with Crippen molar-refractivity contribution in [3.8, 4) is 0 Å². The molecule has 0 bridgehead atoms. The van der Waals surface area contributed by atoms with Crippen molar-refractivity contribution in [2.45, 2.75) is 12.8 Å². The third-order valence-electron chi connectivity index (χ3n) is 3.67. The molecule has 0 radical (unpaired) electrons. The van der Waals surface area contributed by atoms with E-state index >= 15 is 0 Å². The number of esters is 1. The Bertz CT molecular complexity index is 692. The Hall–Kier alpha value is -3.15. The van der Waals surface area contributed by atoms with Crippen LogP contribution in [0, 0.1) is 0 Å².